The van der Waals surface area contributed by atoms with Crippen LogP contribution in [0.4, 0.5) is 0 Å². The van der Waals surface area contributed by atoms with Crippen LogP contribution in [0.3, 0.4) is 0 Å². The van der Waals surface area contributed by atoms with E-state index in [4.69, 9.17) is 0 Å². The Morgan fingerprint density at radius 3 is 2.80 bits per heavy atom. The molecule has 0 saturated carbocycles. The zero-order chi connectivity index (χ0) is 10.5. The Hall–Kier alpha value is -0.690. The summed E-state index contributed by atoms with van der Waals surface area (Å²) in [6.45, 7) is 0. The van der Waals surface area contributed by atoms with Gasteiger partial charge in [0, 0.05) is 0 Å². The van der Waals surface area contributed by atoms with Crippen LogP contribution in [0.25, 0.3) is 5.57 Å². The Morgan fingerprint density at radius 2 is 2.07 bits per heavy atom. The third-order valence-corrected chi connectivity index (χ3v) is 3.77. The van der Waals surface area contributed by atoms with Gasteiger partial charge in [0.1, 0.15) is 0 Å². The molecule has 1 atom stereocenters. The summed E-state index contributed by atoms with van der Waals surface area (Å²) < 4.78 is 0. The van der Waals surface area contributed by atoms with Gasteiger partial charge in [-0.15, -0.1) is 0 Å². The summed E-state index contributed by atoms with van der Waals surface area (Å²) in [4.78, 5) is 0. The molecular formula is C14H18S. The summed E-state index contributed by atoms with van der Waals surface area (Å²) in [6, 6.07) is 10.9. The van der Waals surface area contributed by atoms with E-state index in [0.29, 0.717) is 0 Å². The average Bonchev–Trinajstić information content (AvgIpc) is 2.31. The maximum Gasteiger partial charge on any atom is -0.000120 e. The Bertz CT molecular complexity index is 326. The number of thioether (sulfide) groups is 1. The van der Waals surface area contributed by atoms with Crippen molar-refractivity contribution in [2.75, 3.05) is 12.0 Å². The molecule has 1 aromatic carbocycles. The minimum atomic E-state index is 0.774. The van der Waals surface area contributed by atoms with Crippen molar-refractivity contribution in [2.45, 2.75) is 19.3 Å². The second kappa shape index (κ2) is 5.41. The van der Waals surface area contributed by atoms with Crippen molar-refractivity contribution in [3.05, 3.63) is 42.0 Å². The number of allylic oxidation sites excluding steroid dienone is 2. The van der Waals surface area contributed by atoms with Gasteiger partial charge in [-0.1, -0.05) is 36.4 Å². The first-order valence-corrected chi connectivity index (χ1v) is 7.05. The SMILES string of the molecule is CSC[C@H]1CCCC=C1c1ccccc1. The van der Waals surface area contributed by atoms with Crippen molar-refractivity contribution < 1.29 is 0 Å². The molecule has 0 aliphatic heterocycles. The van der Waals surface area contributed by atoms with Gasteiger partial charge >= 0.3 is 0 Å². The van der Waals surface area contributed by atoms with Crippen molar-refractivity contribution in [3.8, 4) is 0 Å². The Labute approximate surface area is 96.8 Å². The lowest BCUT2D eigenvalue weighted by atomic mass is 9.85. The summed E-state index contributed by atoms with van der Waals surface area (Å²) in [6.07, 6.45) is 8.63. The Balaban J connectivity index is 2.21. The number of hydrogen-bond donors (Lipinski definition) is 0. The predicted octanol–water partition coefficient (Wildman–Crippen LogP) is 4.23. The third-order valence-electron chi connectivity index (χ3n) is 3.04. The van der Waals surface area contributed by atoms with Crippen molar-refractivity contribution in [2.24, 2.45) is 5.92 Å². The molecule has 2 rings (SSSR count). The topological polar surface area (TPSA) is 0 Å². The summed E-state index contributed by atoms with van der Waals surface area (Å²) in [5.41, 5.74) is 3.01. The molecule has 1 aromatic rings. The summed E-state index contributed by atoms with van der Waals surface area (Å²) in [5, 5.41) is 0. The first-order chi connectivity index (χ1) is 7.42. The summed E-state index contributed by atoms with van der Waals surface area (Å²) >= 11 is 1.97. The minimum Gasteiger partial charge on any atom is -0.165 e. The lowest BCUT2D eigenvalue weighted by Crippen LogP contribution is -2.10. The van der Waals surface area contributed by atoms with Gasteiger partial charge in [0.25, 0.3) is 0 Å². The van der Waals surface area contributed by atoms with E-state index in [9.17, 15) is 0 Å². The summed E-state index contributed by atoms with van der Waals surface area (Å²) in [5.74, 6) is 2.04. The molecule has 0 amide bonds. The lowest BCUT2D eigenvalue weighted by molar-refractivity contribution is 0.609. The normalized spacial score (nSPS) is 21.1. The first-order valence-electron chi connectivity index (χ1n) is 5.66. The molecule has 0 heterocycles. The van der Waals surface area contributed by atoms with Crippen LogP contribution in [0, 0.1) is 5.92 Å². The van der Waals surface area contributed by atoms with E-state index in [0.717, 1.165) is 5.92 Å². The van der Waals surface area contributed by atoms with Gasteiger partial charge in [0.15, 0.2) is 0 Å². The highest BCUT2D eigenvalue weighted by Crippen LogP contribution is 2.34. The molecule has 0 unspecified atom stereocenters. The maximum atomic E-state index is 2.44. The quantitative estimate of drug-likeness (QED) is 0.731. The second-order valence-electron chi connectivity index (χ2n) is 4.11. The fourth-order valence-corrected chi connectivity index (χ4v) is 3.05. The van der Waals surface area contributed by atoms with Gasteiger partial charge < -0.3 is 0 Å². The smallest absolute Gasteiger partial charge is 0.000120 e. The largest absolute Gasteiger partial charge is 0.165 e. The van der Waals surface area contributed by atoms with E-state index >= 15 is 0 Å². The Morgan fingerprint density at radius 1 is 1.27 bits per heavy atom. The highest BCUT2D eigenvalue weighted by atomic mass is 32.2. The number of benzene rings is 1. The van der Waals surface area contributed by atoms with Gasteiger partial charge in [0.2, 0.25) is 0 Å². The van der Waals surface area contributed by atoms with Gasteiger partial charge in [-0.25, -0.2) is 0 Å². The van der Waals surface area contributed by atoms with Crippen LogP contribution < -0.4 is 0 Å². The van der Waals surface area contributed by atoms with Crippen molar-refractivity contribution in [1.82, 2.24) is 0 Å². The second-order valence-corrected chi connectivity index (χ2v) is 5.02. The van der Waals surface area contributed by atoms with E-state index in [2.05, 4.69) is 42.7 Å². The lowest BCUT2D eigenvalue weighted by Gasteiger charge is -2.24. The molecule has 0 nitrogen and oxygen atoms in total. The Kier molecular flexibility index (Phi) is 3.90. The van der Waals surface area contributed by atoms with Crippen LogP contribution in [-0.2, 0) is 0 Å². The molecule has 0 fully saturated rings. The monoisotopic (exact) mass is 218 g/mol. The van der Waals surface area contributed by atoms with Crippen molar-refractivity contribution in [3.63, 3.8) is 0 Å². The molecule has 1 aliphatic carbocycles. The molecule has 15 heavy (non-hydrogen) atoms. The van der Waals surface area contributed by atoms with Crippen LogP contribution in [-0.4, -0.2) is 12.0 Å². The van der Waals surface area contributed by atoms with E-state index in [1.54, 1.807) is 5.57 Å². The molecule has 0 radical (unpaired) electrons. The van der Waals surface area contributed by atoms with E-state index in [1.807, 2.05) is 11.8 Å². The first kappa shape index (κ1) is 10.8. The summed E-state index contributed by atoms with van der Waals surface area (Å²) in [7, 11) is 0. The molecule has 0 aromatic heterocycles. The van der Waals surface area contributed by atoms with Crippen LogP contribution in [0.2, 0.25) is 0 Å². The van der Waals surface area contributed by atoms with Gasteiger partial charge in [-0.3, -0.25) is 0 Å². The molecule has 0 bridgehead atoms. The van der Waals surface area contributed by atoms with Gasteiger partial charge in [-0.05, 0) is 48.3 Å². The van der Waals surface area contributed by atoms with E-state index in [1.165, 1.54) is 30.6 Å². The van der Waals surface area contributed by atoms with Crippen LogP contribution in [0.5, 0.6) is 0 Å². The third kappa shape index (κ3) is 2.66. The van der Waals surface area contributed by atoms with Crippen LogP contribution >= 0.6 is 11.8 Å². The van der Waals surface area contributed by atoms with E-state index in [-0.39, 0.29) is 0 Å². The highest BCUT2D eigenvalue weighted by Gasteiger charge is 2.17. The molecule has 0 saturated heterocycles. The fraction of sp³-hybridized carbons (Fsp3) is 0.429. The molecule has 1 aliphatic rings. The molecule has 1 heteroatoms. The average molecular weight is 218 g/mol. The molecule has 0 spiro atoms. The van der Waals surface area contributed by atoms with Crippen LogP contribution in [0.15, 0.2) is 36.4 Å². The van der Waals surface area contributed by atoms with Crippen molar-refractivity contribution in [1.29, 1.82) is 0 Å². The van der Waals surface area contributed by atoms with Crippen molar-refractivity contribution >= 4 is 17.3 Å². The maximum absolute atomic E-state index is 2.44. The molecule has 0 N–H and O–H groups in total. The molecular weight excluding hydrogens is 200 g/mol. The standard InChI is InChI=1S/C14H18S/c1-15-11-13-9-5-6-10-14(13)12-7-3-2-4-8-12/h2-4,7-8,10,13H,5-6,9,11H2,1H3/t13-/m1/s1. The zero-order valence-corrected chi connectivity index (χ0v) is 10.1. The fourth-order valence-electron chi connectivity index (χ4n) is 2.30. The van der Waals surface area contributed by atoms with Gasteiger partial charge in [0.05, 0.1) is 0 Å². The van der Waals surface area contributed by atoms with Gasteiger partial charge in [-0.2, -0.15) is 11.8 Å². The zero-order valence-electron chi connectivity index (χ0n) is 9.28. The van der Waals surface area contributed by atoms with E-state index < -0.39 is 0 Å². The minimum absolute atomic E-state index is 0.774. The number of hydrogen-bond acceptors (Lipinski definition) is 1. The predicted molar refractivity (Wildman–Crippen MR) is 70.1 cm³/mol. The number of rotatable bonds is 3. The molecule has 80 valence electrons. The van der Waals surface area contributed by atoms with Crippen LogP contribution in [0.1, 0.15) is 24.8 Å². The highest BCUT2D eigenvalue weighted by molar-refractivity contribution is 7.98.